The van der Waals surface area contributed by atoms with Crippen molar-refractivity contribution in [2.45, 2.75) is 20.5 Å². The Kier molecular flexibility index (Phi) is 7.64. The van der Waals surface area contributed by atoms with Gasteiger partial charge in [-0.25, -0.2) is 0 Å². The molecule has 0 aliphatic rings. The van der Waals surface area contributed by atoms with E-state index in [9.17, 15) is 4.79 Å². The highest BCUT2D eigenvalue weighted by Gasteiger charge is 2.17. The van der Waals surface area contributed by atoms with Gasteiger partial charge in [0.05, 0.1) is 0 Å². The van der Waals surface area contributed by atoms with Crippen LogP contribution in [0.5, 0.6) is 0 Å². The van der Waals surface area contributed by atoms with Crippen LogP contribution in [-0.2, 0) is 21.1 Å². The number of benzene rings is 1. The van der Waals surface area contributed by atoms with Gasteiger partial charge in [-0.05, 0) is 6.92 Å². The van der Waals surface area contributed by atoms with Gasteiger partial charge >= 0.3 is 0 Å². The lowest BCUT2D eigenvalue weighted by Crippen LogP contribution is -2.36. The van der Waals surface area contributed by atoms with Crippen molar-refractivity contribution in [3.63, 3.8) is 0 Å². The first-order chi connectivity index (χ1) is 11.5. The van der Waals surface area contributed by atoms with Crippen LogP contribution in [0.2, 0.25) is 0 Å². The number of nitrogens with zero attached hydrogens (tertiary/aromatic N) is 4. The van der Waals surface area contributed by atoms with Gasteiger partial charge < -0.3 is 15.0 Å². The molecule has 0 fully saturated rings. The quantitative estimate of drug-likeness (QED) is 0.486. The zero-order valence-electron chi connectivity index (χ0n) is 14.0. The number of oxime groups is 2. The standard InChI is InChI=1S/C16H19N5O3/c1-11(9-17)20-24-10-13-7-5-6-8-14(13)15(21-23-4)16(18-3)19-12(2)22/h5-8H,10H2,1-4H3,(H,18,19,22)/b20-11-,21-15+. The van der Waals surface area contributed by atoms with Crippen molar-refractivity contribution in [1.82, 2.24) is 5.32 Å². The van der Waals surface area contributed by atoms with Gasteiger partial charge in [0, 0.05) is 25.1 Å². The van der Waals surface area contributed by atoms with Gasteiger partial charge in [-0.1, -0.05) is 34.6 Å². The molecule has 0 saturated carbocycles. The average Bonchev–Trinajstić information content (AvgIpc) is 2.58. The minimum absolute atomic E-state index is 0.120. The van der Waals surface area contributed by atoms with Crippen molar-refractivity contribution < 1.29 is 14.5 Å². The fraction of sp³-hybridized carbons (Fsp3) is 0.312. The number of amidine groups is 1. The second-order valence-electron chi connectivity index (χ2n) is 4.59. The molecule has 1 amide bonds. The summed E-state index contributed by atoms with van der Waals surface area (Å²) in [5, 5.41) is 18.9. The molecular weight excluding hydrogens is 310 g/mol. The zero-order valence-corrected chi connectivity index (χ0v) is 14.0. The summed E-state index contributed by atoms with van der Waals surface area (Å²) in [6.07, 6.45) is 0. The van der Waals surface area contributed by atoms with Crippen LogP contribution in [0.3, 0.4) is 0 Å². The van der Waals surface area contributed by atoms with E-state index in [0.717, 1.165) is 5.56 Å². The van der Waals surface area contributed by atoms with Crippen LogP contribution in [0.4, 0.5) is 0 Å². The number of carbonyl (C=O) groups excluding carboxylic acids is 1. The van der Waals surface area contributed by atoms with Gasteiger partial charge in [-0.15, -0.1) is 0 Å². The summed E-state index contributed by atoms with van der Waals surface area (Å²) < 4.78 is 0. The lowest BCUT2D eigenvalue weighted by atomic mass is 10.0. The van der Waals surface area contributed by atoms with Crippen molar-refractivity contribution in [2.75, 3.05) is 14.2 Å². The molecule has 0 unspecified atom stereocenters. The Labute approximate surface area is 140 Å². The number of carbonyl (C=O) groups is 1. The second-order valence-corrected chi connectivity index (χ2v) is 4.59. The molecule has 0 spiro atoms. The Balaban J connectivity index is 3.19. The average molecular weight is 329 g/mol. The highest BCUT2D eigenvalue weighted by molar-refractivity contribution is 6.49. The first kappa shape index (κ1) is 18.8. The molecule has 126 valence electrons. The van der Waals surface area contributed by atoms with E-state index in [4.69, 9.17) is 14.9 Å². The summed E-state index contributed by atoms with van der Waals surface area (Å²) in [5.74, 6) is -0.00381. The highest BCUT2D eigenvalue weighted by atomic mass is 16.6. The monoisotopic (exact) mass is 329 g/mol. The molecule has 0 radical (unpaired) electrons. The van der Waals surface area contributed by atoms with Gasteiger partial charge in [0.25, 0.3) is 0 Å². The molecule has 8 nitrogen and oxygen atoms in total. The molecule has 8 heteroatoms. The number of rotatable bonds is 6. The maximum Gasteiger partial charge on any atom is 0.222 e. The maximum absolute atomic E-state index is 11.4. The lowest BCUT2D eigenvalue weighted by Gasteiger charge is -2.13. The molecule has 0 bridgehead atoms. The molecular formula is C16H19N5O3. The van der Waals surface area contributed by atoms with Crippen LogP contribution >= 0.6 is 0 Å². The molecule has 0 aliphatic carbocycles. The first-order valence-electron chi connectivity index (χ1n) is 7.04. The number of aliphatic imine (C=N–C) groups is 1. The third kappa shape index (κ3) is 5.53. The third-order valence-corrected chi connectivity index (χ3v) is 2.78. The molecule has 24 heavy (non-hydrogen) atoms. The Morgan fingerprint density at radius 3 is 2.58 bits per heavy atom. The van der Waals surface area contributed by atoms with E-state index in [-0.39, 0.29) is 24.1 Å². The molecule has 1 N–H and O–H groups in total. The van der Waals surface area contributed by atoms with Crippen molar-refractivity contribution in [2.24, 2.45) is 15.3 Å². The summed E-state index contributed by atoms with van der Waals surface area (Å²) in [4.78, 5) is 25.5. The summed E-state index contributed by atoms with van der Waals surface area (Å²) in [6, 6.07) is 9.13. The Morgan fingerprint density at radius 1 is 1.29 bits per heavy atom. The topological polar surface area (TPSA) is 108 Å². The number of nitrogens with one attached hydrogen (secondary N) is 1. The Bertz CT molecular complexity index is 717. The molecule has 1 aromatic carbocycles. The van der Waals surface area contributed by atoms with Crippen molar-refractivity contribution >= 4 is 23.2 Å². The van der Waals surface area contributed by atoms with Crippen LogP contribution in [-0.4, -0.2) is 37.3 Å². The highest BCUT2D eigenvalue weighted by Crippen LogP contribution is 2.13. The van der Waals surface area contributed by atoms with E-state index in [0.29, 0.717) is 11.3 Å². The van der Waals surface area contributed by atoms with Crippen molar-refractivity contribution in [1.29, 1.82) is 5.26 Å². The molecule has 0 aliphatic heterocycles. The van der Waals surface area contributed by atoms with Gasteiger partial charge in [-0.2, -0.15) is 5.26 Å². The van der Waals surface area contributed by atoms with Gasteiger partial charge in [0.2, 0.25) is 5.91 Å². The minimum atomic E-state index is -0.276. The van der Waals surface area contributed by atoms with Crippen LogP contribution in [0.25, 0.3) is 0 Å². The third-order valence-electron chi connectivity index (χ3n) is 2.78. The second kappa shape index (κ2) is 9.74. The van der Waals surface area contributed by atoms with E-state index in [1.54, 1.807) is 13.0 Å². The molecule has 0 aromatic heterocycles. The molecule has 0 saturated heterocycles. The minimum Gasteiger partial charge on any atom is -0.399 e. The summed E-state index contributed by atoms with van der Waals surface area (Å²) in [5.41, 5.74) is 1.98. The van der Waals surface area contributed by atoms with Crippen LogP contribution < -0.4 is 5.32 Å². The van der Waals surface area contributed by atoms with Gasteiger partial charge in [-0.3, -0.25) is 9.79 Å². The normalized spacial score (nSPS) is 12.4. The number of hydrogen-bond donors (Lipinski definition) is 1. The van der Waals surface area contributed by atoms with Crippen molar-refractivity contribution in [3.8, 4) is 6.07 Å². The van der Waals surface area contributed by atoms with Gasteiger partial charge in [0.15, 0.2) is 17.3 Å². The zero-order chi connectivity index (χ0) is 17.9. The van der Waals surface area contributed by atoms with E-state index in [2.05, 4.69) is 20.6 Å². The molecule has 0 atom stereocenters. The largest absolute Gasteiger partial charge is 0.399 e. The summed E-state index contributed by atoms with van der Waals surface area (Å²) in [6.45, 7) is 3.04. The van der Waals surface area contributed by atoms with E-state index >= 15 is 0 Å². The number of amides is 1. The summed E-state index contributed by atoms with van der Waals surface area (Å²) >= 11 is 0. The van der Waals surface area contributed by atoms with Crippen LogP contribution in [0.15, 0.2) is 39.6 Å². The van der Waals surface area contributed by atoms with E-state index in [1.165, 1.54) is 21.1 Å². The fourth-order valence-corrected chi connectivity index (χ4v) is 1.80. The summed E-state index contributed by atoms with van der Waals surface area (Å²) in [7, 11) is 2.94. The van der Waals surface area contributed by atoms with Crippen LogP contribution in [0, 0.1) is 11.3 Å². The number of hydrogen-bond acceptors (Lipinski definition) is 7. The smallest absolute Gasteiger partial charge is 0.222 e. The first-order valence-corrected chi connectivity index (χ1v) is 7.04. The van der Waals surface area contributed by atoms with Crippen LogP contribution in [0.1, 0.15) is 25.0 Å². The van der Waals surface area contributed by atoms with Crippen molar-refractivity contribution in [3.05, 3.63) is 35.4 Å². The Morgan fingerprint density at radius 2 is 2.00 bits per heavy atom. The van der Waals surface area contributed by atoms with Gasteiger partial charge in [0.1, 0.15) is 19.8 Å². The number of nitriles is 1. The molecule has 1 rings (SSSR count). The van der Waals surface area contributed by atoms with E-state index in [1.807, 2.05) is 24.3 Å². The SMILES string of the molecule is CN=C(NC(C)=O)/C(=N/OC)c1ccccc1CO/N=C(/C)C#N. The lowest BCUT2D eigenvalue weighted by molar-refractivity contribution is -0.117. The molecule has 1 aromatic rings. The molecule has 0 heterocycles. The maximum atomic E-state index is 11.4. The predicted molar refractivity (Wildman–Crippen MR) is 90.7 cm³/mol. The Hall–Kier alpha value is -3.21. The predicted octanol–water partition coefficient (Wildman–Crippen LogP) is 1.62. The van der Waals surface area contributed by atoms with E-state index < -0.39 is 0 Å². The fourth-order valence-electron chi connectivity index (χ4n) is 1.80.